The monoisotopic (exact) mass is 228 g/mol. The van der Waals surface area contributed by atoms with Crippen LogP contribution >= 0.6 is 0 Å². The van der Waals surface area contributed by atoms with Crippen LogP contribution in [0.4, 0.5) is 6.01 Å². The van der Waals surface area contributed by atoms with Crippen molar-refractivity contribution < 1.29 is 9.15 Å². The van der Waals surface area contributed by atoms with Gasteiger partial charge in [0.2, 0.25) is 5.89 Å². The number of hydrogen-bond donors (Lipinski definition) is 2. The number of ether oxygens (including phenoxy) is 1. The third kappa shape index (κ3) is 4.16. The Hall–Kier alpha value is -1.14. The largest absolute Gasteiger partial charge is 0.406 e. The second kappa shape index (κ2) is 7.19. The van der Waals surface area contributed by atoms with Crippen LogP contribution in [0.3, 0.4) is 0 Å². The summed E-state index contributed by atoms with van der Waals surface area (Å²) in [6.07, 6.45) is 0. The summed E-state index contributed by atoms with van der Waals surface area (Å²) in [7, 11) is 0. The first kappa shape index (κ1) is 12.9. The van der Waals surface area contributed by atoms with Crippen LogP contribution < -0.4 is 10.6 Å². The first-order valence-electron chi connectivity index (χ1n) is 5.66. The molecule has 1 atom stereocenters. The molecule has 0 fully saturated rings. The van der Waals surface area contributed by atoms with Gasteiger partial charge >= 0.3 is 6.01 Å². The number of anilines is 1. The van der Waals surface area contributed by atoms with Gasteiger partial charge in [0.1, 0.15) is 0 Å². The molecule has 0 aliphatic carbocycles. The van der Waals surface area contributed by atoms with Crippen molar-refractivity contribution in [3.8, 4) is 0 Å². The van der Waals surface area contributed by atoms with Gasteiger partial charge in [-0.2, -0.15) is 0 Å². The summed E-state index contributed by atoms with van der Waals surface area (Å²) in [6.45, 7) is 8.88. The molecule has 6 heteroatoms. The van der Waals surface area contributed by atoms with E-state index in [1.54, 1.807) is 0 Å². The molecule has 0 bridgehead atoms. The molecule has 92 valence electrons. The summed E-state index contributed by atoms with van der Waals surface area (Å²) in [5.74, 6) is 0.598. The molecular formula is C10H20N4O2. The van der Waals surface area contributed by atoms with Gasteiger partial charge in [-0.3, -0.25) is 0 Å². The third-order valence-electron chi connectivity index (χ3n) is 2.05. The molecule has 1 aromatic heterocycles. The van der Waals surface area contributed by atoms with E-state index >= 15 is 0 Å². The predicted octanol–water partition coefficient (Wildman–Crippen LogP) is 1.19. The van der Waals surface area contributed by atoms with Crippen LogP contribution in [0.1, 0.15) is 32.7 Å². The molecule has 0 saturated carbocycles. The molecule has 1 heterocycles. The Morgan fingerprint density at radius 3 is 2.88 bits per heavy atom. The van der Waals surface area contributed by atoms with E-state index in [4.69, 9.17) is 9.15 Å². The number of rotatable bonds is 8. The molecule has 1 aromatic rings. The smallest absolute Gasteiger partial charge is 0.315 e. The molecule has 0 radical (unpaired) electrons. The molecule has 0 spiro atoms. The van der Waals surface area contributed by atoms with Gasteiger partial charge in [-0.15, -0.1) is 5.10 Å². The SMILES string of the molecule is CCNC(C)c1nnc(NCCOCC)o1. The molecule has 0 saturated heterocycles. The standard InChI is InChI=1S/C10H20N4O2/c1-4-11-8(3)9-13-14-10(16-9)12-6-7-15-5-2/h8,11H,4-7H2,1-3H3,(H,12,14). The first-order valence-corrected chi connectivity index (χ1v) is 5.66. The highest BCUT2D eigenvalue weighted by atomic mass is 16.5. The van der Waals surface area contributed by atoms with Crippen molar-refractivity contribution in [1.82, 2.24) is 15.5 Å². The molecular weight excluding hydrogens is 208 g/mol. The van der Waals surface area contributed by atoms with E-state index in [9.17, 15) is 0 Å². The van der Waals surface area contributed by atoms with Gasteiger partial charge in [0, 0.05) is 13.2 Å². The van der Waals surface area contributed by atoms with Crippen LogP contribution in [-0.4, -0.2) is 36.5 Å². The molecule has 0 aliphatic heterocycles. The van der Waals surface area contributed by atoms with E-state index in [0.717, 1.165) is 6.54 Å². The zero-order valence-electron chi connectivity index (χ0n) is 10.1. The molecule has 16 heavy (non-hydrogen) atoms. The number of nitrogens with zero attached hydrogens (tertiary/aromatic N) is 2. The maximum atomic E-state index is 5.43. The summed E-state index contributed by atoms with van der Waals surface area (Å²) >= 11 is 0. The average Bonchev–Trinajstić information content (AvgIpc) is 2.73. The Bertz CT molecular complexity index is 290. The van der Waals surface area contributed by atoms with E-state index < -0.39 is 0 Å². The Balaban J connectivity index is 2.33. The Labute approximate surface area is 95.8 Å². The molecule has 1 unspecified atom stereocenters. The summed E-state index contributed by atoms with van der Waals surface area (Å²) in [4.78, 5) is 0. The van der Waals surface area contributed by atoms with Gasteiger partial charge in [0.25, 0.3) is 0 Å². The molecule has 0 aliphatic rings. The zero-order chi connectivity index (χ0) is 11.8. The minimum Gasteiger partial charge on any atom is -0.406 e. The van der Waals surface area contributed by atoms with Crippen molar-refractivity contribution in [3.63, 3.8) is 0 Å². The summed E-state index contributed by atoms with van der Waals surface area (Å²) < 4.78 is 10.6. The quantitative estimate of drug-likeness (QED) is 0.651. The van der Waals surface area contributed by atoms with Crippen LogP contribution in [0.25, 0.3) is 0 Å². The topological polar surface area (TPSA) is 72.2 Å². The molecule has 0 aromatic carbocycles. The van der Waals surface area contributed by atoms with Crippen LogP contribution in [0.5, 0.6) is 0 Å². The molecule has 1 rings (SSSR count). The third-order valence-corrected chi connectivity index (χ3v) is 2.05. The molecule has 6 nitrogen and oxygen atoms in total. The summed E-state index contributed by atoms with van der Waals surface area (Å²) in [6, 6.07) is 0.527. The normalized spacial score (nSPS) is 12.7. The minimum atomic E-state index is 0.0833. The van der Waals surface area contributed by atoms with E-state index in [1.165, 1.54) is 0 Å². The maximum Gasteiger partial charge on any atom is 0.315 e. The van der Waals surface area contributed by atoms with Crippen LogP contribution in [0, 0.1) is 0 Å². The maximum absolute atomic E-state index is 5.43. The highest BCUT2D eigenvalue weighted by molar-refractivity contribution is 5.16. The van der Waals surface area contributed by atoms with E-state index in [1.807, 2.05) is 20.8 Å². The number of nitrogens with one attached hydrogen (secondary N) is 2. The van der Waals surface area contributed by atoms with Gasteiger partial charge < -0.3 is 19.8 Å². The van der Waals surface area contributed by atoms with Crippen molar-refractivity contribution in [3.05, 3.63) is 5.89 Å². The first-order chi connectivity index (χ1) is 7.77. The second-order valence-corrected chi connectivity index (χ2v) is 3.35. The van der Waals surface area contributed by atoms with Gasteiger partial charge in [-0.25, -0.2) is 0 Å². The highest BCUT2D eigenvalue weighted by Crippen LogP contribution is 2.12. The average molecular weight is 228 g/mol. The Morgan fingerprint density at radius 1 is 1.38 bits per heavy atom. The zero-order valence-corrected chi connectivity index (χ0v) is 10.1. The van der Waals surface area contributed by atoms with Crippen LogP contribution in [0.15, 0.2) is 4.42 Å². The highest BCUT2D eigenvalue weighted by Gasteiger charge is 2.11. The van der Waals surface area contributed by atoms with Crippen LogP contribution in [0.2, 0.25) is 0 Å². The van der Waals surface area contributed by atoms with Crippen molar-refractivity contribution in [1.29, 1.82) is 0 Å². The molecule has 2 N–H and O–H groups in total. The fourth-order valence-electron chi connectivity index (χ4n) is 1.25. The predicted molar refractivity (Wildman–Crippen MR) is 61.4 cm³/mol. The van der Waals surface area contributed by atoms with Gasteiger partial charge in [0.05, 0.1) is 12.6 Å². The van der Waals surface area contributed by atoms with Gasteiger partial charge in [0.15, 0.2) is 0 Å². The number of aromatic nitrogens is 2. The van der Waals surface area contributed by atoms with Gasteiger partial charge in [-0.1, -0.05) is 12.0 Å². The lowest BCUT2D eigenvalue weighted by Crippen LogP contribution is -2.17. The van der Waals surface area contributed by atoms with E-state index in [2.05, 4.69) is 20.8 Å². The van der Waals surface area contributed by atoms with Crippen molar-refractivity contribution in [2.24, 2.45) is 0 Å². The number of hydrogen-bond acceptors (Lipinski definition) is 6. The van der Waals surface area contributed by atoms with Gasteiger partial charge in [-0.05, 0) is 20.4 Å². The van der Waals surface area contributed by atoms with Crippen molar-refractivity contribution in [2.75, 3.05) is 31.6 Å². The molecule has 0 amide bonds. The second-order valence-electron chi connectivity index (χ2n) is 3.35. The minimum absolute atomic E-state index is 0.0833. The lowest BCUT2D eigenvalue weighted by Gasteiger charge is -2.05. The fourth-order valence-corrected chi connectivity index (χ4v) is 1.25. The Morgan fingerprint density at radius 2 is 2.19 bits per heavy atom. The fraction of sp³-hybridized carbons (Fsp3) is 0.800. The summed E-state index contributed by atoms with van der Waals surface area (Å²) in [5, 5.41) is 14.1. The summed E-state index contributed by atoms with van der Waals surface area (Å²) in [5.41, 5.74) is 0. The Kier molecular flexibility index (Phi) is 5.81. The van der Waals surface area contributed by atoms with E-state index in [-0.39, 0.29) is 6.04 Å². The van der Waals surface area contributed by atoms with Crippen LogP contribution in [-0.2, 0) is 4.74 Å². The van der Waals surface area contributed by atoms with Crippen molar-refractivity contribution >= 4 is 6.01 Å². The van der Waals surface area contributed by atoms with E-state index in [0.29, 0.717) is 31.7 Å². The lowest BCUT2D eigenvalue weighted by atomic mass is 10.3. The lowest BCUT2D eigenvalue weighted by molar-refractivity contribution is 0.157. The van der Waals surface area contributed by atoms with Crippen molar-refractivity contribution in [2.45, 2.75) is 26.8 Å².